The van der Waals surface area contributed by atoms with Crippen molar-refractivity contribution < 1.29 is 15.0 Å². The van der Waals surface area contributed by atoms with Crippen molar-refractivity contribution in [1.82, 2.24) is 10.2 Å². The Hall–Kier alpha value is -1.59. The van der Waals surface area contributed by atoms with E-state index in [9.17, 15) is 15.0 Å². The van der Waals surface area contributed by atoms with Crippen LogP contribution in [0.15, 0.2) is 18.2 Å². The van der Waals surface area contributed by atoms with E-state index in [0.29, 0.717) is 25.1 Å². The number of β-amino-alcohol motifs (C(OH)–C–C–N with tert-alkyl or cyclic N) is 1. The molecule has 0 saturated carbocycles. The van der Waals surface area contributed by atoms with Crippen molar-refractivity contribution in [3.8, 4) is 5.75 Å². The number of phenols is 1. The zero-order valence-corrected chi connectivity index (χ0v) is 11.3. The maximum atomic E-state index is 12.3. The van der Waals surface area contributed by atoms with Gasteiger partial charge in [0.05, 0.1) is 12.1 Å². The second kappa shape index (κ2) is 5.19. The number of aryl methyl sites for hydroxylation is 1. The highest BCUT2D eigenvalue weighted by Crippen LogP contribution is 2.20. The Morgan fingerprint density at radius 1 is 1.53 bits per heavy atom. The first-order valence-corrected chi connectivity index (χ1v) is 6.39. The van der Waals surface area contributed by atoms with Gasteiger partial charge >= 0.3 is 0 Å². The summed E-state index contributed by atoms with van der Waals surface area (Å²) in [6.45, 7) is 3.38. The average Bonchev–Trinajstić information content (AvgIpc) is 2.75. The summed E-state index contributed by atoms with van der Waals surface area (Å²) < 4.78 is 0. The van der Waals surface area contributed by atoms with Gasteiger partial charge in [0.25, 0.3) is 5.91 Å². The first kappa shape index (κ1) is 13.8. The third kappa shape index (κ3) is 3.05. The van der Waals surface area contributed by atoms with E-state index in [0.717, 1.165) is 12.1 Å². The van der Waals surface area contributed by atoms with Gasteiger partial charge in [0, 0.05) is 19.2 Å². The van der Waals surface area contributed by atoms with Gasteiger partial charge in [0.15, 0.2) is 0 Å². The Bertz CT molecular complexity index is 482. The van der Waals surface area contributed by atoms with E-state index in [-0.39, 0.29) is 11.7 Å². The summed E-state index contributed by atoms with van der Waals surface area (Å²) in [6.07, 6.45) is 0.652. The number of aliphatic hydroxyl groups is 1. The number of nitrogens with one attached hydrogen (secondary N) is 1. The molecule has 1 aromatic carbocycles. The summed E-state index contributed by atoms with van der Waals surface area (Å²) in [5, 5.41) is 22.7. The van der Waals surface area contributed by atoms with Crippen molar-refractivity contribution in [3.63, 3.8) is 0 Å². The number of carbonyl (C=O) groups is 1. The molecule has 1 fully saturated rings. The van der Waals surface area contributed by atoms with E-state index < -0.39 is 5.60 Å². The lowest BCUT2D eigenvalue weighted by Gasteiger charge is -2.28. The molecular formula is C14H20N2O3. The van der Waals surface area contributed by atoms with Gasteiger partial charge in [-0.15, -0.1) is 0 Å². The fourth-order valence-corrected chi connectivity index (χ4v) is 2.47. The number of aromatic hydroxyl groups is 1. The van der Waals surface area contributed by atoms with E-state index in [1.54, 1.807) is 26.1 Å². The number of hydrogen-bond acceptors (Lipinski definition) is 4. The lowest BCUT2D eigenvalue weighted by Crippen LogP contribution is -2.45. The lowest BCUT2D eigenvalue weighted by molar-refractivity contribution is 0.0252. The van der Waals surface area contributed by atoms with E-state index in [4.69, 9.17) is 0 Å². The fourth-order valence-electron chi connectivity index (χ4n) is 2.47. The quantitative estimate of drug-likeness (QED) is 0.743. The van der Waals surface area contributed by atoms with Gasteiger partial charge in [-0.2, -0.15) is 0 Å². The molecule has 0 spiro atoms. The largest absolute Gasteiger partial charge is 0.508 e. The van der Waals surface area contributed by atoms with E-state index in [1.807, 2.05) is 0 Å². The molecule has 19 heavy (non-hydrogen) atoms. The van der Waals surface area contributed by atoms with Gasteiger partial charge in [-0.1, -0.05) is 0 Å². The summed E-state index contributed by atoms with van der Waals surface area (Å²) in [6, 6.07) is 4.67. The Morgan fingerprint density at radius 3 is 2.84 bits per heavy atom. The summed E-state index contributed by atoms with van der Waals surface area (Å²) in [5.74, 6) is 0.00755. The Balaban J connectivity index is 2.10. The highest BCUT2D eigenvalue weighted by atomic mass is 16.3. The zero-order chi connectivity index (χ0) is 14.0. The van der Waals surface area contributed by atoms with Gasteiger partial charge in [-0.25, -0.2) is 0 Å². The summed E-state index contributed by atoms with van der Waals surface area (Å²) in [5.41, 5.74) is 0.443. The first-order chi connectivity index (χ1) is 8.91. The van der Waals surface area contributed by atoms with E-state index >= 15 is 0 Å². The van der Waals surface area contributed by atoms with Gasteiger partial charge < -0.3 is 20.4 Å². The monoisotopic (exact) mass is 264 g/mol. The Labute approximate surface area is 112 Å². The predicted molar refractivity (Wildman–Crippen MR) is 72.2 cm³/mol. The summed E-state index contributed by atoms with van der Waals surface area (Å²) >= 11 is 0. The van der Waals surface area contributed by atoms with Gasteiger partial charge in [-0.3, -0.25) is 4.79 Å². The maximum Gasteiger partial charge on any atom is 0.253 e. The topological polar surface area (TPSA) is 72.8 Å². The molecule has 2 rings (SSSR count). The lowest BCUT2D eigenvalue weighted by atomic mass is 10.0. The van der Waals surface area contributed by atoms with Crippen LogP contribution in [0.4, 0.5) is 0 Å². The predicted octanol–water partition coefficient (Wildman–Crippen LogP) is 0.497. The van der Waals surface area contributed by atoms with Gasteiger partial charge in [0.1, 0.15) is 5.75 Å². The molecule has 5 nitrogen and oxygen atoms in total. The molecule has 0 bridgehead atoms. The molecule has 0 aromatic heterocycles. The van der Waals surface area contributed by atoms with Crippen LogP contribution in [0.25, 0.3) is 0 Å². The van der Waals surface area contributed by atoms with Crippen LogP contribution in [0.5, 0.6) is 5.75 Å². The normalized spacial score (nSPS) is 22.5. The molecule has 0 aliphatic carbocycles. The number of benzene rings is 1. The molecule has 1 aliphatic rings. The number of phenolic OH excluding ortho intramolecular Hbond substituents is 1. The maximum absolute atomic E-state index is 12.3. The minimum atomic E-state index is -0.838. The number of likely N-dealkylation sites (N-methyl/N-ethyl adjacent to an activating group) is 1. The number of nitrogens with zero attached hydrogens (tertiary/aromatic N) is 1. The molecule has 1 aromatic rings. The van der Waals surface area contributed by atoms with Gasteiger partial charge in [0.2, 0.25) is 0 Å². The number of carbonyl (C=O) groups excluding carboxylic acids is 1. The third-order valence-corrected chi connectivity index (χ3v) is 3.54. The number of hydrogen-bond donors (Lipinski definition) is 3. The highest BCUT2D eigenvalue weighted by Gasteiger charge is 2.33. The minimum absolute atomic E-state index is 0.141. The summed E-state index contributed by atoms with van der Waals surface area (Å²) in [7, 11) is 1.69. The van der Waals surface area contributed by atoms with Crippen LogP contribution in [0.1, 0.15) is 22.3 Å². The standard InChI is InChI=1S/C14H20N2O3/c1-10-7-11(17)3-4-12(10)13(18)16(2)9-14(19)5-6-15-8-14/h3-4,7,15,17,19H,5-6,8-9H2,1-2H3. The Morgan fingerprint density at radius 2 is 2.26 bits per heavy atom. The molecule has 0 radical (unpaired) electrons. The van der Waals surface area contributed by atoms with E-state index in [2.05, 4.69) is 5.32 Å². The molecule has 104 valence electrons. The van der Waals surface area contributed by atoms with Crippen LogP contribution in [0.3, 0.4) is 0 Å². The summed E-state index contributed by atoms with van der Waals surface area (Å²) in [4.78, 5) is 13.9. The first-order valence-electron chi connectivity index (χ1n) is 6.39. The Kier molecular flexibility index (Phi) is 3.78. The highest BCUT2D eigenvalue weighted by molar-refractivity contribution is 5.95. The van der Waals surface area contributed by atoms with Crippen LogP contribution in [-0.2, 0) is 0 Å². The van der Waals surface area contributed by atoms with Gasteiger partial charge in [-0.05, 0) is 43.7 Å². The molecule has 1 saturated heterocycles. The van der Waals surface area contributed by atoms with Crippen molar-refractivity contribution >= 4 is 5.91 Å². The average molecular weight is 264 g/mol. The second-order valence-corrected chi connectivity index (χ2v) is 5.31. The third-order valence-electron chi connectivity index (χ3n) is 3.54. The van der Waals surface area contributed by atoms with Crippen LogP contribution < -0.4 is 5.32 Å². The molecule has 1 atom stereocenters. The zero-order valence-electron chi connectivity index (χ0n) is 11.3. The second-order valence-electron chi connectivity index (χ2n) is 5.31. The molecule has 1 amide bonds. The van der Waals surface area contributed by atoms with Crippen molar-refractivity contribution in [2.24, 2.45) is 0 Å². The van der Waals surface area contributed by atoms with Crippen LogP contribution in [0.2, 0.25) is 0 Å². The molecule has 5 heteroatoms. The number of amides is 1. The molecule has 3 N–H and O–H groups in total. The molecular weight excluding hydrogens is 244 g/mol. The van der Waals surface area contributed by atoms with Crippen LogP contribution >= 0.6 is 0 Å². The fraction of sp³-hybridized carbons (Fsp3) is 0.500. The van der Waals surface area contributed by atoms with Crippen molar-refractivity contribution in [2.45, 2.75) is 18.9 Å². The minimum Gasteiger partial charge on any atom is -0.508 e. The molecule has 1 heterocycles. The van der Waals surface area contributed by atoms with Crippen molar-refractivity contribution in [1.29, 1.82) is 0 Å². The van der Waals surface area contributed by atoms with Crippen LogP contribution in [-0.4, -0.2) is 53.3 Å². The smallest absolute Gasteiger partial charge is 0.253 e. The van der Waals surface area contributed by atoms with E-state index in [1.165, 1.54) is 11.0 Å². The molecule has 1 unspecified atom stereocenters. The van der Waals surface area contributed by atoms with Crippen LogP contribution in [0, 0.1) is 6.92 Å². The van der Waals surface area contributed by atoms with Crippen molar-refractivity contribution in [3.05, 3.63) is 29.3 Å². The SMILES string of the molecule is Cc1cc(O)ccc1C(=O)N(C)CC1(O)CCNC1. The number of rotatable bonds is 3. The van der Waals surface area contributed by atoms with Crippen molar-refractivity contribution in [2.75, 3.05) is 26.7 Å². The molecule has 1 aliphatic heterocycles.